The van der Waals surface area contributed by atoms with Crippen LogP contribution in [0.15, 0.2) is 4.99 Å². The Balaban J connectivity index is 1.52. The largest absolute Gasteiger partial charge is 0.466 e. The number of guanidine groups is 1. The third-order valence-electron chi connectivity index (χ3n) is 5.58. The molecule has 0 bridgehead atoms. The molecule has 3 fully saturated rings. The molecule has 1 aliphatic heterocycles. The Bertz CT molecular complexity index is 488. The Morgan fingerprint density at radius 1 is 1.23 bits per heavy atom. The Hall–Kier alpha value is -1.30. The van der Waals surface area contributed by atoms with Gasteiger partial charge in [0, 0.05) is 38.8 Å². The molecule has 148 valence electrons. The second-order valence-corrected chi connectivity index (χ2v) is 7.94. The van der Waals surface area contributed by atoms with Gasteiger partial charge in [0.25, 0.3) is 0 Å². The van der Waals surface area contributed by atoms with Gasteiger partial charge in [-0.3, -0.25) is 14.7 Å². The van der Waals surface area contributed by atoms with Gasteiger partial charge in [-0.2, -0.15) is 0 Å². The average Bonchev–Trinajstić information content (AvgIpc) is 3.54. The van der Waals surface area contributed by atoms with Crippen molar-refractivity contribution < 1.29 is 9.53 Å². The molecular weight excluding hydrogens is 328 g/mol. The SMILES string of the molecule is CCNC(=NCCN(CC1CC1)C1CC1)N1CCCC(C(=O)OCC)C1. The molecule has 0 aromatic carbocycles. The molecule has 0 spiro atoms. The fourth-order valence-electron chi connectivity index (χ4n) is 3.83. The second kappa shape index (κ2) is 9.58. The smallest absolute Gasteiger partial charge is 0.310 e. The molecule has 0 aromatic rings. The quantitative estimate of drug-likeness (QED) is 0.386. The number of nitrogens with one attached hydrogen (secondary N) is 1. The number of carbonyl (C=O) groups is 1. The second-order valence-electron chi connectivity index (χ2n) is 7.94. The van der Waals surface area contributed by atoms with Crippen LogP contribution in [0.5, 0.6) is 0 Å². The van der Waals surface area contributed by atoms with E-state index in [0.29, 0.717) is 6.61 Å². The minimum atomic E-state index is -0.0580. The van der Waals surface area contributed by atoms with E-state index in [1.54, 1.807) is 0 Å². The third kappa shape index (κ3) is 5.86. The van der Waals surface area contributed by atoms with Gasteiger partial charge in [-0.15, -0.1) is 0 Å². The number of hydrogen-bond acceptors (Lipinski definition) is 4. The maximum absolute atomic E-state index is 12.1. The summed E-state index contributed by atoms with van der Waals surface area (Å²) in [6.45, 7) is 10.1. The van der Waals surface area contributed by atoms with Crippen LogP contribution in [0.2, 0.25) is 0 Å². The van der Waals surface area contributed by atoms with Crippen LogP contribution in [0.1, 0.15) is 52.4 Å². The molecule has 2 aliphatic carbocycles. The van der Waals surface area contributed by atoms with E-state index in [9.17, 15) is 4.79 Å². The van der Waals surface area contributed by atoms with E-state index in [-0.39, 0.29) is 11.9 Å². The van der Waals surface area contributed by atoms with E-state index >= 15 is 0 Å². The van der Waals surface area contributed by atoms with Gasteiger partial charge in [0.1, 0.15) is 0 Å². The van der Waals surface area contributed by atoms with E-state index in [1.165, 1.54) is 32.2 Å². The molecule has 1 heterocycles. The molecule has 2 saturated carbocycles. The number of piperidine rings is 1. The first-order chi connectivity index (χ1) is 12.7. The first-order valence-corrected chi connectivity index (χ1v) is 10.6. The molecule has 6 nitrogen and oxygen atoms in total. The molecule has 0 amide bonds. The number of nitrogens with zero attached hydrogens (tertiary/aromatic N) is 3. The Labute approximate surface area is 158 Å². The summed E-state index contributed by atoms with van der Waals surface area (Å²) in [6.07, 6.45) is 7.50. The molecule has 3 aliphatic rings. The Kier molecular flexibility index (Phi) is 7.17. The standard InChI is InChI=1S/C20H36N4O2/c1-3-21-20(24-12-5-6-17(15-24)19(25)26-4-2)22-11-13-23(18-9-10-18)14-16-7-8-16/h16-18H,3-15H2,1-2H3,(H,21,22). The molecular formula is C20H36N4O2. The predicted molar refractivity (Wildman–Crippen MR) is 104 cm³/mol. The maximum Gasteiger partial charge on any atom is 0.310 e. The van der Waals surface area contributed by atoms with Crippen molar-refractivity contribution >= 4 is 11.9 Å². The zero-order chi connectivity index (χ0) is 18.4. The van der Waals surface area contributed by atoms with Gasteiger partial charge in [0.2, 0.25) is 0 Å². The van der Waals surface area contributed by atoms with E-state index in [0.717, 1.165) is 63.5 Å². The van der Waals surface area contributed by atoms with Gasteiger partial charge in [0.05, 0.1) is 19.1 Å². The highest BCUT2D eigenvalue weighted by atomic mass is 16.5. The van der Waals surface area contributed by atoms with E-state index < -0.39 is 0 Å². The number of hydrogen-bond donors (Lipinski definition) is 1. The molecule has 3 rings (SSSR count). The average molecular weight is 365 g/mol. The van der Waals surface area contributed by atoms with E-state index in [2.05, 4.69) is 22.0 Å². The van der Waals surface area contributed by atoms with Crippen LogP contribution in [-0.4, -0.2) is 73.6 Å². The van der Waals surface area contributed by atoms with Gasteiger partial charge in [-0.25, -0.2) is 0 Å². The summed E-state index contributed by atoms with van der Waals surface area (Å²) in [5, 5.41) is 3.42. The summed E-state index contributed by atoms with van der Waals surface area (Å²) in [6, 6.07) is 0.816. The minimum Gasteiger partial charge on any atom is -0.466 e. The van der Waals surface area contributed by atoms with Crippen molar-refractivity contribution in [3.8, 4) is 0 Å². The zero-order valence-electron chi connectivity index (χ0n) is 16.6. The van der Waals surface area contributed by atoms with Crippen LogP contribution in [-0.2, 0) is 9.53 Å². The number of esters is 1. The van der Waals surface area contributed by atoms with Gasteiger partial charge < -0.3 is 15.0 Å². The number of aliphatic imine (C=N–C) groups is 1. The van der Waals surface area contributed by atoms with Gasteiger partial charge in [0.15, 0.2) is 5.96 Å². The van der Waals surface area contributed by atoms with Crippen LogP contribution >= 0.6 is 0 Å². The Morgan fingerprint density at radius 2 is 2.04 bits per heavy atom. The topological polar surface area (TPSA) is 57.2 Å². The lowest BCUT2D eigenvalue weighted by atomic mass is 9.98. The first kappa shape index (κ1) is 19.5. The summed E-state index contributed by atoms with van der Waals surface area (Å²) in [7, 11) is 0. The molecule has 1 N–H and O–H groups in total. The van der Waals surface area contributed by atoms with Crippen molar-refractivity contribution in [2.24, 2.45) is 16.8 Å². The lowest BCUT2D eigenvalue weighted by Gasteiger charge is -2.34. The van der Waals surface area contributed by atoms with Crippen LogP contribution in [0.4, 0.5) is 0 Å². The van der Waals surface area contributed by atoms with Crippen molar-refractivity contribution in [2.75, 3.05) is 45.9 Å². The van der Waals surface area contributed by atoms with Crippen molar-refractivity contribution in [1.29, 1.82) is 0 Å². The zero-order valence-corrected chi connectivity index (χ0v) is 16.6. The lowest BCUT2D eigenvalue weighted by Crippen LogP contribution is -2.48. The first-order valence-electron chi connectivity index (χ1n) is 10.6. The molecule has 1 unspecified atom stereocenters. The maximum atomic E-state index is 12.1. The molecule has 6 heteroatoms. The highest BCUT2D eigenvalue weighted by Crippen LogP contribution is 2.34. The third-order valence-corrected chi connectivity index (χ3v) is 5.58. The van der Waals surface area contributed by atoms with Crippen molar-refractivity contribution in [3.63, 3.8) is 0 Å². The normalized spacial score (nSPS) is 24.0. The summed E-state index contributed by atoms with van der Waals surface area (Å²) in [5.41, 5.74) is 0. The fourth-order valence-corrected chi connectivity index (χ4v) is 3.83. The summed E-state index contributed by atoms with van der Waals surface area (Å²) >= 11 is 0. The number of ether oxygens (including phenoxy) is 1. The van der Waals surface area contributed by atoms with E-state index in [1.807, 2.05) is 6.92 Å². The fraction of sp³-hybridized carbons (Fsp3) is 0.900. The highest BCUT2D eigenvalue weighted by molar-refractivity contribution is 5.81. The highest BCUT2D eigenvalue weighted by Gasteiger charge is 2.33. The number of likely N-dealkylation sites (tertiary alicyclic amines) is 1. The monoisotopic (exact) mass is 364 g/mol. The van der Waals surface area contributed by atoms with Crippen LogP contribution in [0.25, 0.3) is 0 Å². The summed E-state index contributed by atoms with van der Waals surface area (Å²) in [5.74, 6) is 1.83. The summed E-state index contributed by atoms with van der Waals surface area (Å²) in [4.78, 5) is 21.9. The Morgan fingerprint density at radius 3 is 2.69 bits per heavy atom. The molecule has 0 radical (unpaired) electrons. The van der Waals surface area contributed by atoms with Crippen molar-refractivity contribution in [3.05, 3.63) is 0 Å². The van der Waals surface area contributed by atoms with Gasteiger partial charge >= 0.3 is 5.97 Å². The van der Waals surface area contributed by atoms with Gasteiger partial charge in [-0.05, 0) is 58.3 Å². The van der Waals surface area contributed by atoms with Crippen molar-refractivity contribution in [1.82, 2.24) is 15.1 Å². The number of carbonyl (C=O) groups excluding carboxylic acids is 1. The summed E-state index contributed by atoms with van der Waals surface area (Å²) < 4.78 is 5.23. The van der Waals surface area contributed by atoms with Gasteiger partial charge in [-0.1, -0.05) is 0 Å². The minimum absolute atomic E-state index is 0.0228. The predicted octanol–water partition coefficient (Wildman–Crippen LogP) is 2.10. The van der Waals surface area contributed by atoms with Crippen molar-refractivity contribution in [2.45, 2.75) is 58.4 Å². The number of rotatable bonds is 9. The molecule has 26 heavy (non-hydrogen) atoms. The van der Waals surface area contributed by atoms with E-state index in [4.69, 9.17) is 9.73 Å². The lowest BCUT2D eigenvalue weighted by molar-refractivity contribution is -0.149. The molecule has 1 atom stereocenters. The molecule has 1 saturated heterocycles. The van der Waals surface area contributed by atoms with Crippen LogP contribution in [0.3, 0.4) is 0 Å². The van der Waals surface area contributed by atoms with Crippen LogP contribution < -0.4 is 5.32 Å². The molecule has 0 aromatic heterocycles. The van der Waals surface area contributed by atoms with Crippen LogP contribution in [0, 0.1) is 11.8 Å².